The molecule has 4 aliphatic heterocycles. The van der Waals surface area contributed by atoms with Crippen LogP contribution in [0.4, 0.5) is 17.3 Å². The number of benzene rings is 2. The highest BCUT2D eigenvalue weighted by Gasteiger charge is 2.45. The average molecular weight is 794 g/mol. The molecule has 1 aromatic heterocycles. The number of piperidine rings is 2. The first-order chi connectivity index (χ1) is 27.5. The van der Waals surface area contributed by atoms with Crippen LogP contribution in [0.15, 0.2) is 48.5 Å². The lowest BCUT2D eigenvalue weighted by molar-refractivity contribution is -0.136. The van der Waals surface area contributed by atoms with Crippen LogP contribution in [-0.4, -0.2) is 107 Å². The van der Waals surface area contributed by atoms with Gasteiger partial charge in [-0.1, -0.05) is 18.5 Å². The minimum atomic E-state index is -0.978. The van der Waals surface area contributed by atoms with E-state index in [9.17, 15) is 24.0 Å². The Morgan fingerprint density at radius 2 is 1.68 bits per heavy atom. The first-order valence-electron chi connectivity index (χ1n) is 19.6. The minimum absolute atomic E-state index is 0.0873. The van der Waals surface area contributed by atoms with Crippen molar-refractivity contribution in [1.29, 1.82) is 5.26 Å². The highest BCUT2D eigenvalue weighted by atomic mass is 35.5. The van der Waals surface area contributed by atoms with Crippen molar-refractivity contribution in [2.24, 2.45) is 17.8 Å². The van der Waals surface area contributed by atoms with E-state index < -0.39 is 29.7 Å². The number of nitrogens with zero attached hydrogens (tertiary/aromatic N) is 7. The van der Waals surface area contributed by atoms with Gasteiger partial charge in [-0.3, -0.25) is 39.1 Å². The third kappa shape index (κ3) is 8.01. The van der Waals surface area contributed by atoms with Crippen LogP contribution in [0.2, 0.25) is 5.02 Å². The van der Waals surface area contributed by atoms with Crippen LogP contribution in [-0.2, 0) is 14.4 Å². The summed E-state index contributed by atoms with van der Waals surface area (Å²) in [6, 6.07) is 15.1. The van der Waals surface area contributed by atoms with Crippen LogP contribution in [0, 0.1) is 29.1 Å². The number of carbonyl (C=O) groups is 5. The van der Waals surface area contributed by atoms with Gasteiger partial charge in [-0.15, -0.1) is 10.2 Å². The van der Waals surface area contributed by atoms with Gasteiger partial charge < -0.3 is 19.9 Å². The summed E-state index contributed by atoms with van der Waals surface area (Å²) in [7, 11) is 0. The summed E-state index contributed by atoms with van der Waals surface area (Å²) in [6.07, 6.45) is 3.38. The molecule has 57 heavy (non-hydrogen) atoms. The molecule has 1 aliphatic carbocycles. The molecule has 16 heteroatoms. The number of hydrogen-bond donors (Lipinski definition) is 2. The maximum atomic E-state index is 13.3. The number of amides is 5. The Kier molecular flexibility index (Phi) is 10.8. The van der Waals surface area contributed by atoms with Crippen molar-refractivity contribution in [2.75, 3.05) is 60.9 Å². The molecule has 5 heterocycles. The van der Waals surface area contributed by atoms with E-state index in [0.29, 0.717) is 46.5 Å². The van der Waals surface area contributed by atoms with Crippen molar-refractivity contribution in [3.8, 4) is 11.8 Å². The smallest absolute Gasteiger partial charge is 0.262 e. The first kappa shape index (κ1) is 38.3. The molecule has 4 atom stereocenters. The number of anilines is 3. The molecule has 3 aromatic rings. The van der Waals surface area contributed by atoms with Crippen LogP contribution in [0.25, 0.3) is 0 Å². The fourth-order valence-corrected chi connectivity index (χ4v) is 8.98. The van der Waals surface area contributed by atoms with E-state index in [1.807, 2.05) is 18.2 Å². The zero-order valence-corrected chi connectivity index (χ0v) is 32.4. The fourth-order valence-electron chi connectivity index (χ4n) is 8.77. The minimum Gasteiger partial charge on any atom is -0.490 e. The van der Waals surface area contributed by atoms with Crippen LogP contribution in [0.5, 0.6) is 5.75 Å². The van der Waals surface area contributed by atoms with Crippen LogP contribution < -0.4 is 25.2 Å². The number of ether oxygens (including phenoxy) is 1. The standard InChI is InChI=1S/C41H44ClN9O6/c1-24-18-27(19-34(24)57-29-4-2-26(22-43)32(42)21-29)38(53)44-35-7-8-36(47-46-35)50-12-10-25(11-13-50)23-48-14-16-49(17-15-48)28-3-5-30-31(20-28)41(56)51(40(30)55)33-6-9-37(52)45-39(33)54/h2-5,7-8,20-21,24-25,27,33-34H,6,9-19,23H2,1H3,(H,44,46,53)(H,45,52,54)/t24?,27-,33?,34+/m1/s1. The van der Waals surface area contributed by atoms with Crippen LogP contribution in [0.3, 0.4) is 0 Å². The summed E-state index contributed by atoms with van der Waals surface area (Å²) < 4.78 is 6.15. The molecule has 2 aromatic carbocycles. The van der Waals surface area contributed by atoms with Crippen molar-refractivity contribution in [2.45, 2.75) is 57.6 Å². The Balaban J connectivity index is 0.768. The molecule has 2 N–H and O–H groups in total. The molecule has 1 saturated carbocycles. The van der Waals surface area contributed by atoms with E-state index in [1.54, 1.807) is 36.4 Å². The molecule has 15 nitrogen and oxygen atoms in total. The molecule has 8 rings (SSSR count). The summed E-state index contributed by atoms with van der Waals surface area (Å²) in [6.45, 7) is 8.15. The van der Waals surface area contributed by atoms with Crippen LogP contribution in [0.1, 0.15) is 71.7 Å². The number of rotatable bonds is 9. The van der Waals surface area contributed by atoms with Gasteiger partial charge in [0.25, 0.3) is 11.8 Å². The van der Waals surface area contributed by atoms with Gasteiger partial charge in [-0.25, -0.2) is 0 Å². The zero-order chi connectivity index (χ0) is 39.8. The molecule has 2 unspecified atom stereocenters. The highest BCUT2D eigenvalue weighted by Crippen LogP contribution is 2.36. The van der Waals surface area contributed by atoms with Crippen molar-refractivity contribution in [3.05, 3.63) is 70.2 Å². The van der Waals surface area contributed by atoms with Gasteiger partial charge in [0.05, 0.1) is 21.7 Å². The lowest BCUT2D eigenvalue weighted by Gasteiger charge is -2.39. The molecular weight excluding hydrogens is 750 g/mol. The second-order valence-corrected chi connectivity index (χ2v) is 16.1. The quantitative estimate of drug-likeness (QED) is 0.299. The maximum absolute atomic E-state index is 13.3. The topological polar surface area (TPSA) is 181 Å². The molecule has 5 amide bonds. The van der Waals surface area contributed by atoms with Crippen LogP contribution >= 0.6 is 11.6 Å². The predicted octanol–water partition coefficient (Wildman–Crippen LogP) is 3.87. The molecule has 0 bridgehead atoms. The van der Waals surface area contributed by atoms with Gasteiger partial charge in [-0.05, 0) is 86.4 Å². The zero-order valence-electron chi connectivity index (χ0n) is 31.7. The average Bonchev–Trinajstić information content (AvgIpc) is 3.70. The van der Waals surface area contributed by atoms with Gasteiger partial charge in [0, 0.05) is 69.9 Å². The molecule has 3 saturated heterocycles. The van der Waals surface area contributed by atoms with Gasteiger partial charge in [0.2, 0.25) is 17.7 Å². The number of hydrogen-bond acceptors (Lipinski definition) is 12. The molecule has 0 radical (unpaired) electrons. The summed E-state index contributed by atoms with van der Waals surface area (Å²) in [4.78, 5) is 71.6. The fraction of sp³-hybridized carbons (Fsp3) is 0.463. The molecular formula is C41H44ClN9O6. The summed E-state index contributed by atoms with van der Waals surface area (Å²) >= 11 is 6.17. The van der Waals surface area contributed by atoms with Gasteiger partial charge in [0.1, 0.15) is 24.0 Å². The number of nitrogens with one attached hydrogen (secondary N) is 2. The van der Waals surface area contributed by atoms with Crippen molar-refractivity contribution < 1.29 is 28.7 Å². The van der Waals surface area contributed by atoms with Crippen molar-refractivity contribution in [1.82, 2.24) is 25.3 Å². The van der Waals surface area contributed by atoms with Gasteiger partial charge >= 0.3 is 0 Å². The van der Waals surface area contributed by atoms with Crippen molar-refractivity contribution in [3.63, 3.8) is 0 Å². The molecule has 4 fully saturated rings. The number of halogens is 1. The number of imide groups is 2. The molecule has 5 aliphatic rings. The van der Waals surface area contributed by atoms with E-state index in [1.165, 1.54) is 0 Å². The summed E-state index contributed by atoms with van der Waals surface area (Å²) in [5.74, 6) is 0.183. The Hall–Kier alpha value is -5.59. The third-order valence-electron chi connectivity index (χ3n) is 12.0. The Morgan fingerprint density at radius 3 is 2.39 bits per heavy atom. The Labute approximate surface area is 335 Å². The van der Waals surface area contributed by atoms with Gasteiger partial charge in [-0.2, -0.15) is 5.26 Å². The summed E-state index contributed by atoms with van der Waals surface area (Å²) in [5, 5.41) is 23.4. The number of nitriles is 1. The molecule has 0 spiro atoms. The number of carbonyl (C=O) groups excluding carboxylic acids is 5. The number of piperazine rings is 1. The molecule has 296 valence electrons. The SMILES string of the molecule is CC1C[C@@H](C(=O)Nc2ccc(N3CCC(CN4CCN(c5ccc6c(c5)C(=O)N(C5CCC(=O)NC5=O)C6=O)CC4)CC3)nn2)C[C@@H]1Oc1ccc(C#N)c(Cl)c1. The Morgan fingerprint density at radius 1 is 0.912 bits per heavy atom. The first-order valence-corrected chi connectivity index (χ1v) is 20.0. The van der Waals surface area contributed by atoms with Gasteiger partial charge in [0.15, 0.2) is 11.6 Å². The summed E-state index contributed by atoms with van der Waals surface area (Å²) in [5.41, 5.74) is 1.85. The monoisotopic (exact) mass is 793 g/mol. The van der Waals surface area contributed by atoms with E-state index in [4.69, 9.17) is 21.6 Å². The Bertz CT molecular complexity index is 2130. The second-order valence-electron chi connectivity index (χ2n) is 15.7. The number of aromatic nitrogens is 2. The third-order valence-corrected chi connectivity index (χ3v) is 12.4. The normalized spacial score (nSPS) is 24.3. The van der Waals surface area contributed by atoms with Crippen molar-refractivity contribution >= 4 is 58.5 Å². The van der Waals surface area contributed by atoms with E-state index in [-0.39, 0.29) is 42.3 Å². The predicted molar refractivity (Wildman–Crippen MR) is 210 cm³/mol. The second kappa shape index (κ2) is 16.1. The lowest BCUT2D eigenvalue weighted by Crippen LogP contribution is -2.54. The highest BCUT2D eigenvalue weighted by molar-refractivity contribution is 6.31. The maximum Gasteiger partial charge on any atom is 0.262 e. The number of fused-ring (bicyclic) bond motifs is 1. The van der Waals surface area contributed by atoms with E-state index in [0.717, 1.165) is 75.1 Å². The van der Waals surface area contributed by atoms with E-state index >= 15 is 0 Å². The largest absolute Gasteiger partial charge is 0.490 e. The lowest BCUT2D eigenvalue weighted by atomic mass is 9.96. The van der Waals surface area contributed by atoms with E-state index in [2.05, 4.69) is 42.5 Å².